The van der Waals surface area contributed by atoms with Crippen LogP contribution in [-0.4, -0.2) is 25.7 Å². The first kappa shape index (κ1) is 17.3. The van der Waals surface area contributed by atoms with Crippen LogP contribution in [0.2, 0.25) is 10.0 Å². The third-order valence-corrected chi connectivity index (χ3v) is 4.02. The molecular weight excluding hydrogens is 353 g/mol. The average molecular weight is 363 g/mol. The Morgan fingerprint density at radius 2 is 1.75 bits per heavy atom. The van der Waals surface area contributed by atoms with Crippen molar-refractivity contribution in [3.05, 3.63) is 32.3 Å². The van der Waals surface area contributed by atoms with Crippen LogP contribution in [0.15, 0.2) is 12.1 Å². The highest BCUT2D eigenvalue weighted by Gasteiger charge is 2.15. The zero-order chi connectivity index (χ0) is 15.3. The highest BCUT2D eigenvalue weighted by Crippen LogP contribution is 2.36. The van der Waals surface area contributed by atoms with Crippen LogP contribution in [0.5, 0.6) is 5.75 Å². The van der Waals surface area contributed by atoms with E-state index in [2.05, 4.69) is 0 Å². The molecule has 0 N–H and O–H groups in total. The van der Waals surface area contributed by atoms with Gasteiger partial charge < -0.3 is 4.74 Å². The number of nitro groups is 1. The predicted octanol–water partition coefficient (Wildman–Crippen LogP) is 3.63. The number of hydrogen-bond acceptors (Lipinski definition) is 5. The maximum Gasteiger partial charge on any atom is 0.272 e. The van der Waals surface area contributed by atoms with Gasteiger partial charge in [0.2, 0.25) is 9.05 Å². The Kier molecular flexibility index (Phi) is 6.32. The number of nitrogens with zero attached hydrogens (tertiary/aromatic N) is 1. The van der Waals surface area contributed by atoms with E-state index in [0.717, 1.165) is 12.1 Å². The molecule has 0 radical (unpaired) electrons. The minimum absolute atomic E-state index is 0.0224. The number of rotatable bonds is 7. The van der Waals surface area contributed by atoms with Crippen molar-refractivity contribution in [2.75, 3.05) is 12.4 Å². The normalized spacial score (nSPS) is 11.3. The molecule has 0 fully saturated rings. The number of nitro benzene ring substituents is 1. The van der Waals surface area contributed by atoms with E-state index in [4.69, 9.17) is 38.6 Å². The van der Waals surface area contributed by atoms with Gasteiger partial charge in [0.25, 0.3) is 5.69 Å². The Labute approximate surface area is 130 Å². The van der Waals surface area contributed by atoms with Gasteiger partial charge in [-0.2, -0.15) is 0 Å². The van der Waals surface area contributed by atoms with Crippen molar-refractivity contribution in [1.29, 1.82) is 0 Å². The second-order valence-electron chi connectivity index (χ2n) is 3.79. The molecule has 0 saturated carbocycles. The summed E-state index contributed by atoms with van der Waals surface area (Å²) in [4.78, 5) is 9.97. The van der Waals surface area contributed by atoms with E-state index in [0.29, 0.717) is 12.8 Å². The van der Waals surface area contributed by atoms with Crippen molar-refractivity contribution in [2.24, 2.45) is 0 Å². The maximum absolute atomic E-state index is 10.7. The van der Waals surface area contributed by atoms with Crippen molar-refractivity contribution >= 4 is 48.6 Å². The predicted molar refractivity (Wildman–Crippen MR) is 77.5 cm³/mol. The molecule has 0 spiro atoms. The van der Waals surface area contributed by atoms with Gasteiger partial charge in [-0.1, -0.05) is 23.2 Å². The number of unbranched alkanes of at least 4 members (excludes halogenated alkanes) is 1. The Morgan fingerprint density at radius 1 is 1.20 bits per heavy atom. The highest BCUT2D eigenvalue weighted by atomic mass is 35.7. The second-order valence-corrected chi connectivity index (χ2v) is 7.51. The Bertz CT molecular complexity index is 582. The van der Waals surface area contributed by atoms with Crippen molar-refractivity contribution < 1.29 is 18.1 Å². The van der Waals surface area contributed by atoms with Gasteiger partial charge in [-0.05, 0) is 12.8 Å². The van der Waals surface area contributed by atoms with Crippen molar-refractivity contribution in [1.82, 2.24) is 0 Å². The molecule has 6 nitrogen and oxygen atoms in total. The zero-order valence-electron chi connectivity index (χ0n) is 10.0. The molecule has 1 rings (SSSR count). The van der Waals surface area contributed by atoms with Crippen LogP contribution in [0.3, 0.4) is 0 Å². The SMILES string of the molecule is O=[N+]([O-])c1cc(Cl)c(OCCCCS(=O)(=O)Cl)c(Cl)c1. The lowest BCUT2D eigenvalue weighted by Crippen LogP contribution is -2.03. The third-order valence-electron chi connectivity index (χ3n) is 2.22. The van der Waals surface area contributed by atoms with E-state index in [1.54, 1.807) is 0 Å². The van der Waals surface area contributed by atoms with Crippen LogP contribution in [0, 0.1) is 10.1 Å². The quantitative estimate of drug-likeness (QED) is 0.320. The molecule has 112 valence electrons. The summed E-state index contributed by atoms with van der Waals surface area (Å²) in [6, 6.07) is 2.26. The molecule has 1 aromatic rings. The van der Waals surface area contributed by atoms with Gasteiger partial charge in [0.05, 0.1) is 27.3 Å². The maximum atomic E-state index is 10.7. The summed E-state index contributed by atoms with van der Waals surface area (Å²) in [5.74, 6) is -0.0210. The van der Waals surface area contributed by atoms with Crippen LogP contribution in [0.4, 0.5) is 5.69 Å². The molecule has 0 aliphatic carbocycles. The number of benzene rings is 1. The third kappa shape index (κ3) is 5.70. The number of halogens is 3. The number of non-ortho nitro benzene ring substituents is 1. The Hall–Kier alpha value is -0.760. The fraction of sp³-hybridized carbons (Fsp3) is 0.400. The summed E-state index contributed by atoms with van der Waals surface area (Å²) in [7, 11) is 1.54. The fourth-order valence-corrected chi connectivity index (χ4v) is 2.80. The van der Waals surface area contributed by atoms with Crippen LogP contribution >= 0.6 is 33.9 Å². The van der Waals surface area contributed by atoms with E-state index in [9.17, 15) is 18.5 Å². The second kappa shape index (κ2) is 7.31. The number of ether oxygens (including phenoxy) is 1. The van der Waals surface area contributed by atoms with Gasteiger partial charge in [0.15, 0.2) is 5.75 Å². The van der Waals surface area contributed by atoms with Gasteiger partial charge in [0, 0.05) is 22.8 Å². The molecule has 0 unspecified atom stereocenters. The minimum Gasteiger partial charge on any atom is -0.490 e. The molecule has 0 aromatic heterocycles. The molecule has 20 heavy (non-hydrogen) atoms. The molecule has 0 aliphatic rings. The molecule has 0 saturated heterocycles. The lowest BCUT2D eigenvalue weighted by atomic mass is 10.3. The van der Waals surface area contributed by atoms with Crippen LogP contribution in [-0.2, 0) is 9.05 Å². The molecule has 10 heteroatoms. The summed E-state index contributed by atoms with van der Waals surface area (Å²) in [5, 5.41) is 10.6. The van der Waals surface area contributed by atoms with E-state index in [1.165, 1.54) is 0 Å². The van der Waals surface area contributed by atoms with Crippen LogP contribution < -0.4 is 4.74 Å². The molecule has 0 atom stereocenters. The van der Waals surface area contributed by atoms with Gasteiger partial charge in [-0.15, -0.1) is 0 Å². The Balaban J connectivity index is 2.59. The van der Waals surface area contributed by atoms with Crippen molar-refractivity contribution in [3.8, 4) is 5.75 Å². The lowest BCUT2D eigenvalue weighted by Gasteiger charge is -2.09. The van der Waals surface area contributed by atoms with E-state index < -0.39 is 14.0 Å². The molecule has 1 aromatic carbocycles. The van der Waals surface area contributed by atoms with E-state index >= 15 is 0 Å². The first-order chi connectivity index (χ1) is 9.20. The van der Waals surface area contributed by atoms with Gasteiger partial charge in [-0.25, -0.2) is 8.42 Å². The monoisotopic (exact) mass is 361 g/mol. The molecule has 0 aliphatic heterocycles. The highest BCUT2D eigenvalue weighted by molar-refractivity contribution is 8.13. The summed E-state index contributed by atoms with van der Waals surface area (Å²) in [6.45, 7) is 0.170. The smallest absolute Gasteiger partial charge is 0.272 e. The molecule has 0 bridgehead atoms. The minimum atomic E-state index is -3.51. The first-order valence-electron chi connectivity index (χ1n) is 5.39. The lowest BCUT2D eigenvalue weighted by molar-refractivity contribution is -0.384. The fourth-order valence-electron chi connectivity index (χ4n) is 1.34. The molecule has 0 amide bonds. The van der Waals surface area contributed by atoms with E-state index in [-0.39, 0.29) is 33.8 Å². The first-order valence-corrected chi connectivity index (χ1v) is 8.62. The van der Waals surface area contributed by atoms with Crippen molar-refractivity contribution in [2.45, 2.75) is 12.8 Å². The summed E-state index contributed by atoms with van der Waals surface area (Å²) >= 11 is 11.7. The average Bonchev–Trinajstić information content (AvgIpc) is 2.29. The Morgan fingerprint density at radius 3 is 2.20 bits per heavy atom. The van der Waals surface area contributed by atoms with E-state index in [1.807, 2.05) is 0 Å². The van der Waals surface area contributed by atoms with Gasteiger partial charge in [0.1, 0.15) is 0 Å². The standard InChI is InChI=1S/C10H10Cl3NO5S/c11-8-5-7(14(15)16)6-9(12)10(8)19-3-1-2-4-20(13,17)18/h5-6H,1-4H2. The van der Waals surface area contributed by atoms with Gasteiger partial charge >= 0.3 is 0 Å². The molecule has 0 heterocycles. The van der Waals surface area contributed by atoms with Crippen LogP contribution in [0.1, 0.15) is 12.8 Å². The van der Waals surface area contributed by atoms with Gasteiger partial charge in [-0.3, -0.25) is 10.1 Å². The molecular formula is C10H10Cl3NO5S. The zero-order valence-corrected chi connectivity index (χ0v) is 13.1. The topological polar surface area (TPSA) is 86.5 Å². The summed E-state index contributed by atoms with van der Waals surface area (Å²) in [5.41, 5.74) is -0.236. The largest absolute Gasteiger partial charge is 0.490 e. The summed E-state index contributed by atoms with van der Waals surface area (Å²) in [6.07, 6.45) is 0.754. The summed E-state index contributed by atoms with van der Waals surface area (Å²) < 4.78 is 26.7. The van der Waals surface area contributed by atoms with Crippen molar-refractivity contribution in [3.63, 3.8) is 0 Å². The van der Waals surface area contributed by atoms with Crippen LogP contribution in [0.25, 0.3) is 0 Å². The number of hydrogen-bond donors (Lipinski definition) is 0.